The molecule has 0 aromatic heterocycles. The predicted molar refractivity (Wildman–Crippen MR) is 75.3 cm³/mol. The Bertz CT molecular complexity index is 558. The van der Waals surface area contributed by atoms with Crippen LogP contribution in [0.25, 0.3) is 10.8 Å². The summed E-state index contributed by atoms with van der Waals surface area (Å²) in [5, 5.41) is 12.3. The number of hydrogen-bond donors (Lipinski definition) is 1. The third-order valence-corrected chi connectivity index (χ3v) is 2.93. The molecule has 0 heterocycles. The molecule has 0 saturated carbocycles. The Labute approximate surface area is 108 Å². The maximum absolute atomic E-state index is 10.1. The van der Waals surface area contributed by atoms with Gasteiger partial charge in [-0.15, -0.1) is 0 Å². The second-order valence-electron chi connectivity index (χ2n) is 4.27. The van der Waals surface area contributed by atoms with Crippen LogP contribution >= 0.6 is 0 Å². The molecule has 0 spiro atoms. The molecule has 0 bridgehead atoms. The van der Waals surface area contributed by atoms with Crippen LogP contribution in [0.3, 0.4) is 0 Å². The van der Waals surface area contributed by atoms with Crippen molar-refractivity contribution in [3.8, 4) is 11.5 Å². The summed E-state index contributed by atoms with van der Waals surface area (Å²) >= 11 is 0. The van der Waals surface area contributed by atoms with Crippen molar-refractivity contribution in [1.29, 1.82) is 0 Å². The van der Waals surface area contributed by atoms with Crippen LogP contribution < -0.4 is 4.74 Å². The smallest absolute Gasteiger partial charge is 0.165 e. The first-order valence-corrected chi connectivity index (χ1v) is 6.25. The van der Waals surface area contributed by atoms with Crippen LogP contribution in [0, 0.1) is 0 Å². The lowest BCUT2D eigenvalue weighted by Crippen LogP contribution is -1.99. The van der Waals surface area contributed by atoms with E-state index in [0.29, 0.717) is 12.4 Å². The van der Waals surface area contributed by atoms with E-state index in [-0.39, 0.29) is 5.75 Å². The first-order valence-electron chi connectivity index (χ1n) is 6.25. The summed E-state index contributed by atoms with van der Waals surface area (Å²) in [5.74, 6) is 0.800. The molecule has 2 heteroatoms. The van der Waals surface area contributed by atoms with Crippen molar-refractivity contribution in [1.82, 2.24) is 0 Å². The Morgan fingerprint density at radius 1 is 1.33 bits per heavy atom. The van der Waals surface area contributed by atoms with E-state index in [1.54, 1.807) is 12.1 Å². The number of phenolic OH excluding ortho intramolecular Hbond substituents is 1. The summed E-state index contributed by atoms with van der Waals surface area (Å²) in [7, 11) is 0. The Balaban J connectivity index is 2.62. The van der Waals surface area contributed by atoms with Gasteiger partial charge >= 0.3 is 0 Å². The molecular formula is C16H18O2. The van der Waals surface area contributed by atoms with Crippen molar-refractivity contribution in [3.05, 3.63) is 48.6 Å². The molecule has 2 aromatic carbocycles. The van der Waals surface area contributed by atoms with Gasteiger partial charge in [0.15, 0.2) is 11.5 Å². The molecule has 0 unspecified atom stereocenters. The molecule has 18 heavy (non-hydrogen) atoms. The number of hydrogen-bond acceptors (Lipinski definition) is 2. The van der Waals surface area contributed by atoms with E-state index in [9.17, 15) is 5.11 Å². The van der Waals surface area contributed by atoms with Gasteiger partial charge in [0.05, 0.1) is 0 Å². The van der Waals surface area contributed by atoms with Crippen molar-refractivity contribution in [3.63, 3.8) is 0 Å². The molecule has 1 N–H and O–H groups in total. The summed E-state index contributed by atoms with van der Waals surface area (Å²) in [4.78, 5) is 0. The van der Waals surface area contributed by atoms with Gasteiger partial charge in [0.25, 0.3) is 0 Å². The average Bonchev–Trinajstić information content (AvgIpc) is 2.38. The third kappa shape index (κ3) is 2.33. The maximum atomic E-state index is 10.1. The lowest BCUT2D eigenvalue weighted by Gasteiger charge is -2.14. The van der Waals surface area contributed by atoms with Gasteiger partial charge in [-0.3, -0.25) is 0 Å². The number of ether oxygens (including phenoxy) is 1. The third-order valence-electron chi connectivity index (χ3n) is 2.93. The van der Waals surface area contributed by atoms with E-state index in [1.165, 1.54) is 0 Å². The molecule has 2 aromatic rings. The molecule has 94 valence electrons. The summed E-state index contributed by atoms with van der Waals surface area (Å²) < 4.78 is 5.61. The Morgan fingerprint density at radius 2 is 2.11 bits per heavy atom. The topological polar surface area (TPSA) is 29.5 Å². The SMILES string of the molecule is C=CCOc1c(O)cc2ccccc2c1CCC. The largest absolute Gasteiger partial charge is 0.504 e. The minimum atomic E-state index is 0.207. The second kappa shape index (κ2) is 5.58. The normalized spacial score (nSPS) is 10.5. The molecule has 0 amide bonds. The quantitative estimate of drug-likeness (QED) is 0.801. The fourth-order valence-electron chi connectivity index (χ4n) is 2.19. The number of fused-ring (bicyclic) bond motifs is 1. The Morgan fingerprint density at radius 3 is 2.83 bits per heavy atom. The van der Waals surface area contributed by atoms with Gasteiger partial charge in [0, 0.05) is 5.56 Å². The lowest BCUT2D eigenvalue weighted by molar-refractivity contribution is 0.333. The van der Waals surface area contributed by atoms with E-state index >= 15 is 0 Å². The molecule has 2 nitrogen and oxygen atoms in total. The molecule has 0 atom stereocenters. The maximum Gasteiger partial charge on any atom is 0.165 e. The molecule has 0 radical (unpaired) electrons. The first kappa shape index (κ1) is 12.5. The lowest BCUT2D eigenvalue weighted by atomic mass is 9.99. The Kier molecular flexibility index (Phi) is 3.88. The zero-order valence-electron chi connectivity index (χ0n) is 10.6. The average molecular weight is 242 g/mol. The highest BCUT2D eigenvalue weighted by molar-refractivity contribution is 5.90. The van der Waals surface area contributed by atoms with Crippen LogP contribution in [0.1, 0.15) is 18.9 Å². The number of rotatable bonds is 5. The molecule has 0 aliphatic rings. The first-order chi connectivity index (χ1) is 8.77. The van der Waals surface area contributed by atoms with Gasteiger partial charge in [0.2, 0.25) is 0 Å². The van der Waals surface area contributed by atoms with Crippen molar-refractivity contribution in [2.75, 3.05) is 6.61 Å². The number of aryl methyl sites for hydroxylation is 1. The van der Waals surface area contributed by atoms with Gasteiger partial charge in [-0.05, 0) is 23.3 Å². The zero-order valence-corrected chi connectivity index (χ0v) is 10.6. The van der Waals surface area contributed by atoms with E-state index in [2.05, 4.69) is 19.6 Å². The molecule has 0 saturated heterocycles. The summed E-state index contributed by atoms with van der Waals surface area (Å²) in [6, 6.07) is 9.82. The summed E-state index contributed by atoms with van der Waals surface area (Å²) in [6.45, 7) is 6.16. The molecule has 0 fully saturated rings. The van der Waals surface area contributed by atoms with Crippen LogP contribution in [0.5, 0.6) is 11.5 Å². The monoisotopic (exact) mass is 242 g/mol. The van der Waals surface area contributed by atoms with Gasteiger partial charge in [-0.2, -0.15) is 0 Å². The minimum absolute atomic E-state index is 0.207. The standard InChI is InChI=1S/C16H18O2/c1-3-7-14-13-9-6-5-8-12(13)11-15(17)16(14)18-10-4-2/h4-6,8-9,11,17H,2-3,7,10H2,1H3. The van der Waals surface area contributed by atoms with Crippen LogP contribution in [-0.4, -0.2) is 11.7 Å². The predicted octanol–water partition coefficient (Wildman–Crippen LogP) is 4.06. The zero-order chi connectivity index (χ0) is 13.0. The van der Waals surface area contributed by atoms with Crippen LogP contribution in [0.2, 0.25) is 0 Å². The van der Waals surface area contributed by atoms with E-state index in [4.69, 9.17) is 4.74 Å². The molecular weight excluding hydrogens is 224 g/mol. The Hall–Kier alpha value is -1.96. The highest BCUT2D eigenvalue weighted by Crippen LogP contribution is 2.37. The van der Waals surface area contributed by atoms with Crippen molar-refractivity contribution >= 4 is 10.8 Å². The summed E-state index contributed by atoms with van der Waals surface area (Å²) in [6.07, 6.45) is 3.59. The van der Waals surface area contributed by atoms with E-state index in [0.717, 1.165) is 29.2 Å². The number of phenols is 1. The van der Waals surface area contributed by atoms with Gasteiger partial charge < -0.3 is 9.84 Å². The minimum Gasteiger partial charge on any atom is -0.504 e. The second-order valence-corrected chi connectivity index (χ2v) is 4.27. The highest BCUT2D eigenvalue weighted by Gasteiger charge is 2.13. The number of benzene rings is 2. The molecule has 0 aliphatic heterocycles. The summed E-state index contributed by atoms with van der Waals surface area (Å²) in [5.41, 5.74) is 1.08. The molecule has 2 rings (SSSR count). The highest BCUT2D eigenvalue weighted by atomic mass is 16.5. The van der Waals surface area contributed by atoms with Gasteiger partial charge in [-0.25, -0.2) is 0 Å². The van der Waals surface area contributed by atoms with Crippen LogP contribution in [-0.2, 0) is 6.42 Å². The van der Waals surface area contributed by atoms with Crippen molar-refractivity contribution < 1.29 is 9.84 Å². The fourth-order valence-corrected chi connectivity index (χ4v) is 2.19. The van der Waals surface area contributed by atoms with Crippen molar-refractivity contribution in [2.24, 2.45) is 0 Å². The van der Waals surface area contributed by atoms with Crippen LogP contribution in [0.4, 0.5) is 0 Å². The fraction of sp³-hybridized carbons (Fsp3) is 0.250. The molecule has 0 aliphatic carbocycles. The van der Waals surface area contributed by atoms with Gasteiger partial charge in [-0.1, -0.05) is 50.3 Å². The van der Waals surface area contributed by atoms with E-state index < -0.39 is 0 Å². The van der Waals surface area contributed by atoms with Gasteiger partial charge in [0.1, 0.15) is 6.61 Å². The van der Waals surface area contributed by atoms with E-state index in [1.807, 2.05) is 18.2 Å². The van der Waals surface area contributed by atoms with Crippen molar-refractivity contribution in [2.45, 2.75) is 19.8 Å². The number of aromatic hydroxyl groups is 1. The van der Waals surface area contributed by atoms with Crippen LogP contribution in [0.15, 0.2) is 43.0 Å².